The Balaban J connectivity index is 3.43. The van der Waals surface area contributed by atoms with Crippen LogP contribution in [0.15, 0.2) is 37.5 Å². The molecule has 0 fully saturated rings. The molecule has 0 unspecified atom stereocenters. The molecule has 0 heterocycles. The third-order valence-electron chi connectivity index (χ3n) is 3.70. The van der Waals surface area contributed by atoms with Crippen molar-refractivity contribution in [2.24, 2.45) is 5.92 Å². The Bertz CT molecular complexity index is 706. The van der Waals surface area contributed by atoms with E-state index in [1.165, 1.54) is 25.2 Å². The Morgan fingerprint density at radius 3 is 2.07 bits per heavy atom. The van der Waals surface area contributed by atoms with Crippen molar-refractivity contribution in [1.29, 1.82) is 0 Å². The summed E-state index contributed by atoms with van der Waals surface area (Å²) in [6, 6.07) is -1.07. The number of ketones is 1. The molecule has 27 heavy (non-hydrogen) atoms. The number of carbonyl (C=O) groups excluding carboxylic acids is 3. The maximum atomic E-state index is 12.5. The van der Waals surface area contributed by atoms with Crippen LogP contribution in [0.25, 0.3) is 0 Å². The largest absolute Gasteiger partial charge is 0.444 e. The quantitative estimate of drug-likeness (QED) is 0.453. The van der Waals surface area contributed by atoms with Crippen molar-refractivity contribution in [1.82, 2.24) is 9.42 Å². The van der Waals surface area contributed by atoms with Gasteiger partial charge in [0.25, 0.3) is 0 Å². The Morgan fingerprint density at radius 2 is 1.67 bits per heavy atom. The normalized spacial score (nSPS) is 19.2. The van der Waals surface area contributed by atoms with E-state index < -0.39 is 34.2 Å². The Hall–Kier alpha value is -2.46. The molecule has 0 aromatic rings. The number of sulfonamides is 1. The highest BCUT2D eigenvalue weighted by atomic mass is 32.2. The second-order valence-corrected chi connectivity index (χ2v) is 7.63. The van der Waals surface area contributed by atoms with Gasteiger partial charge < -0.3 is 9.47 Å². The summed E-state index contributed by atoms with van der Waals surface area (Å²) in [5.41, 5.74) is 0. The molecule has 1 aliphatic rings. The van der Waals surface area contributed by atoms with Gasteiger partial charge in [0.15, 0.2) is 0 Å². The molecular formula is C17H24N2O7S. The molecule has 150 valence electrons. The number of ether oxygens (including phenoxy) is 2. The molecule has 0 N–H and O–H groups in total. The molecule has 9 nitrogen and oxygen atoms in total. The van der Waals surface area contributed by atoms with Crippen LogP contribution in [0.3, 0.4) is 0 Å². The summed E-state index contributed by atoms with van der Waals surface area (Å²) in [6.45, 7) is 7.61. The highest BCUT2D eigenvalue weighted by Crippen LogP contribution is 2.28. The van der Waals surface area contributed by atoms with E-state index in [9.17, 15) is 22.8 Å². The number of rotatable bonds is 8. The minimum atomic E-state index is -4.17. The number of Topliss-reactive ketones (excluding diaryl/α,β-unsaturated/α-hetero) is 1. The van der Waals surface area contributed by atoms with Crippen LogP contribution in [-0.4, -0.2) is 61.3 Å². The highest BCUT2D eigenvalue weighted by molar-refractivity contribution is 7.88. The average Bonchev–Trinajstić information content (AvgIpc) is 2.60. The summed E-state index contributed by atoms with van der Waals surface area (Å²) in [5, 5.41) is 0.249. The number of hydrogen-bond acceptors (Lipinski definition) is 7. The Kier molecular flexibility index (Phi) is 8.38. The fraction of sp³-hybridized carbons (Fsp3) is 0.471. The van der Waals surface area contributed by atoms with Crippen molar-refractivity contribution in [2.75, 3.05) is 19.5 Å². The van der Waals surface area contributed by atoms with Crippen molar-refractivity contribution in [2.45, 2.75) is 25.8 Å². The van der Waals surface area contributed by atoms with Gasteiger partial charge in [0.2, 0.25) is 10.0 Å². The molecule has 0 bridgehead atoms. The lowest BCUT2D eigenvalue weighted by Gasteiger charge is -2.38. The summed E-state index contributed by atoms with van der Waals surface area (Å²) < 4.78 is 35.2. The second kappa shape index (κ2) is 10.0. The third kappa shape index (κ3) is 6.04. The van der Waals surface area contributed by atoms with Crippen LogP contribution in [0, 0.1) is 5.92 Å². The van der Waals surface area contributed by atoms with Crippen LogP contribution in [0.4, 0.5) is 9.59 Å². The lowest BCUT2D eigenvalue weighted by molar-refractivity contribution is -0.123. The van der Waals surface area contributed by atoms with Gasteiger partial charge in [-0.25, -0.2) is 18.0 Å². The lowest BCUT2D eigenvalue weighted by Crippen LogP contribution is -2.59. The van der Waals surface area contributed by atoms with E-state index in [1.54, 1.807) is 6.08 Å². The zero-order chi connectivity index (χ0) is 20.6. The summed E-state index contributed by atoms with van der Waals surface area (Å²) in [4.78, 5) is 36.9. The molecule has 10 heteroatoms. The van der Waals surface area contributed by atoms with Crippen LogP contribution >= 0.6 is 0 Å². The third-order valence-corrected chi connectivity index (χ3v) is 4.79. The first-order chi connectivity index (χ1) is 12.6. The van der Waals surface area contributed by atoms with E-state index in [0.717, 1.165) is 6.26 Å². The van der Waals surface area contributed by atoms with Crippen molar-refractivity contribution in [3.8, 4) is 0 Å². The molecule has 1 aliphatic carbocycles. The maximum Gasteiger partial charge on any atom is 0.435 e. The van der Waals surface area contributed by atoms with Gasteiger partial charge in [-0.05, 0) is 19.8 Å². The minimum absolute atomic E-state index is 0.249. The van der Waals surface area contributed by atoms with Gasteiger partial charge >= 0.3 is 12.2 Å². The van der Waals surface area contributed by atoms with Crippen LogP contribution in [-0.2, 0) is 24.3 Å². The first-order valence-corrected chi connectivity index (χ1v) is 10.0. The molecule has 1 rings (SSSR count). The van der Waals surface area contributed by atoms with E-state index in [0.29, 0.717) is 17.3 Å². The van der Waals surface area contributed by atoms with E-state index in [1.807, 2.05) is 0 Å². The molecule has 0 spiro atoms. The summed E-state index contributed by atoms with van der Waals surface area (Å²) in [5.74, 6) is -0.997. The number of hydrogen-bond donors (Lipinski definition) is 0. The Morgan fingerprint density at radius 1 is 1.15 bits per heavy atom. The molecule has 0 radical (unpaired) electrons. The average molecular weight is 400 g/mol. The Labute approximate surface area is 158 Å². The van der Waals surface area contributed by atoms with Crippen LogP contribution in [0.1, 0.15) is 19.8 Å². The lowest BCUT2D eigenvalue weighted by atomic mass is 9.87. The number of nitrogens with zero attached hydrogens (tertiary/aromatic N) is 2. The second-order valence-electron chi connectivity index (χ2n) is 5.79. The van der Waals surface area contributed by atoms with Crippen molar-refractivity contribution in [3.05, 3.63) is 37.5 Å². The van der Waals surface area contributed by atoms with Crippen LogP contribution < -0.4 is 0 Å². The van der Waals surface area contributed by atoms with E-state index in [4.69, 9.17) is 9.47 Å². The summed E-state index contributed by atoms with van der Waals surface area (Å²) in [7, 11) is -4.17. The van der Waals surface area contributed by atoms with Gasteiger partial charge in [-0.1, -0.05) is 41.9 Å². The molecule has 0 saturated heterocycles. The number of hydrazine groups is 1. The predicted octanol–water partition coefficient (Wildman–Crippen LogP) is 2.03. The molecule has 0 aromatic carbocycles. The van der Waals surface area contributed by atoms with E-state index in [-0.39, 0.29) is 24.0 Å². The SMILES string of the molecule is C=CCOC(=O)N(C(=O)OCC=C)N([C@H]1C=CCC[C@H]1C(C)=O)S(C)(=O)=O. The molecular weight excluding hydrogens is 376 g/mol. The monoisotopic (exact) mass is 400 g/mol. The van der Waals surface area contributed by atoms with Gasteiger partial charge in [-0.2, -0.15) is 0 Å². The standard InChI is InChI=1S/C17H24N2O7S/c1-5-11-25-16(21)18(17(22)26-12-6-2)19(27(4,23)24)15-10-8-7-9-14(15)13(3)20/h5-6,8,10,14-15H,1-2,7,9,11-12H2,3-4H3/t14-,15-/m0/s1. The molecule has 2 amide bonds. The fourth-order valence-electron chi connectivity index (χ4n) is 2.61. The van der Waals surface area contributed by atoms with Crippen LogP contribution in [0.5, 0.6) is 0 Å². The van der Waals surface area contributed by atoms with Crippen molar-refractivity contribution >= 4 is 28.0 Å². The fourth-order valence-corrected chi connectivity index (χ4v) is 3.70. The van der Waals surface area contributed by atoms with Gasteiger partial charge in [-0.3, -0.25) is 4.79 Å². The van der Waals surface area contributed by atoms with Crippen molar-refractivity contribution in [3.63, 3.8) is 0 Å². The molecule has 0 aromatic heterocycles. The van der Waals surface area contributed by atoms with Crippen molar-refractivity contribution < 1.29 is 32.3 Å². The van der Waals surface area contributed by atoms with E-state index >= 15 is 0 Å². The van der Waals surface area contributed by atoms with E-state index in [2.05, 4.69) is 13.2 Å². The van der Waals surface area contributed by atoms with Crippen LogP contribution in [0.2, 0.25) is 0 Å². The van der Waals surface area contributed by atoms with Gasteiger partial charge in [0.05, 0.1) is 12.3 Å². The highest BCUT2D eigenvalue weighted by Gasteiger charge is 2.45. The van der Waals surface area contributed by atoms with Gasteiger partial charge in [-0.15, -0.1) is 5.01 Å². The predicted molar refractivity (Wildman–Crippen MR) is 97.9 cm³/mol. The molecule has 0 aliphatic heterocycles. The topological polar surface area (TPSA) is 110 Å². The maximum absolute atomic E-state index is 12.5. The number of carbonyl (C=O) groups is 3. The first-order valence-electron chi connectivity index (χ1n) is 8.17. The first kappa shape index (κ1) is 22.6. The summed E-state index contributed by atoms with van der Waals surface area (Å²) in [6.07, 6.45) is 4.91. The molecule has 0 saturated carbocycles. The zero-order valence-electron chi connectivity index (χ0n) is 15.4. The number of imide groups is 1. The van der Waals surface area contributed by atoms with Gasteiger partial charge in [0.1, 0.15) is 19.0 Å². The minimum Gasteiger partial charge on any atom is -0.444 e. The van der Waals surface area contributed by atoms with Gasteiger partial charge in [0, 0.05) is 5.92 Å². The number of amides is 2. The molecule has 2 atom stereocenters. The summed E-state index contributed by atoms with van der Waals surface area (Å²) >= 11 is 0. The number of allylic oxidation sites excluding steroid dienone is 1. The zero-order valence-corrected chi connectivity index (χ0v) is 16.2. The smallest absolute Gasteiger partial charge is 0.435 e.